The van der Waals surface area contributed by atoms with Crippen molar-refractivity contribution in [3.63, 3.8) is 0 Å². The first-order chi connectivity index (χ1) is 7.99. The summed E-state index contributed by atoms with van der Waals surface area (Å²) in [5.41, 5.74) is 0.166. The molecule has 1 heterocycles. The zero-order chi connectivity index (χ0) is 12.5. The van der Waals surface area contributed by atoms with E-state index in [1.807, 2.05) is 0 Å². The average Bonchev–Trinajstić information content (AvgIpc) is 2.68. The van der Waals surface area contributed by atoms with Crippen LogP contribution in [0.3, 0.4) is 0 Å². The maximum absolute atomic E-state index is 12.0. The van der Waals surface area contributed by atoms with Crippen LogP contribution in [0.2, 0.25) is 0 Å². The van der Waals surface area contributed by atoms with E-state index < -0.39 is 0 Å². The highest BCUT2D eigenvalue weighted by molar-refractivity contribution is 5.90. The number of carbonyl (C=O) groups excluding carboxylic acids is 1. The van der Waals surface area contributed by atoms with Gasteiger partial charge in [-0.05, 0) is 25.2 Å². The van der Waals surface area contributed by atoms with Crippen molar-refractivity contribution in [2.75, 3.05) is 0 Å². The van der Waals surface area contributed by atoms with Gasteiger partial charge in [0.2, 0.25) is 5.82 Å². The molecule has 0 aromatic carbocycles. The second-order valence-corrected chi connectivity index (χ2v) is 5.50. The Hall–Kier alpha value is -1.39. The lowest BCUT2D eigenvalue weighted by Gasteiger charge is -2.38. The summed E-state index contributed by atoms with van der Waals surface area (Å²) in [6, 6.07) is 0.225. The highest BCUT2D eigenvalue weighted by Gasteiger charge is 2.33. The van der Waals surface area contributed by atoms with Crippen LogP contribution in [-0.4, -0.2) is 27.1 Å². The Morgan fingerprint density at radius 1 is 1.47 bits per heavy atom. The summed E-state index contributed by atoms with van der Waals surface area (Å²) >= 11 is 0. The van der Waals surface area contributed by atoms with Gasteiger partial charge < -0.3 is 5.32 Å². The van der Waals surface area contributed by atoms with Crippen LogP contribution in [0, 0.1) is 12.3 Å². The first-order valence-electron chi connectivity index (χ1n) is 6.19. The molecule has 17 heavy (non-hydrogen) atoms. The fourth-order valence-corrected chi connectivity index (χ4v) is 2.43. The van der Waals surface area contributed by atoms with Crippen LogP contribution in [0.5, 0.6) is 0 Å². The van der Waals surface area contributed by atoms with Gasteiger partial charge in [0.05, 0.1) is 0 Å². The van der Waals surface area contributed by atoms with E-state index in [2.05, 4.69) is 34.3 Å². The maximum atomic E-state index is 12.0. The maximum Gasteiger partial charge on any atom is 0.291 e. The van der Waals surface area contributed by atoms with E-state index in [1.54, 1.807) is 6.92 Å². The van der Waals surface area contributed by atoms with Crippen LogP contribution in [0.1, 0.15) is 56.0 Å². The smallest absolute Gasteiger partial charge is 0.291 e. The van der Waals surface area contributed by atoms with Crippen molar-refractivity contribution >= 4 is 5.91 Å². The lowest BCUT2D eigenvalue weighted by Crippen LogP contribution is -2.47. The summed E-state index contributed by atoms with van der Waals surface area (Å²) in [5.74, 6) is 0.733. The molecule has 1 amide bonds. The third-order valence-electron chi connectivity index (χ3n) is 3.61. The Bertz CT molecular complexity index is 410. The molecule has 1 fully saturated rings. The van der Waals surface area contributed by atoms with Crippen molar-refractivity contribution < 1.29 is 4.79 Å². The molecule has 1 saturated carbocycles. The second kappa shape index (κ2) is 4.47. The first-order valence-corrected chi connectivity index (χ1v) is 6.19. The molecular formula is C12H20N4O. The number of hydrogen-bond acceptors (Lipinski definition) is 3. The largest absolute Gasteiger partial charge is 0.346 e. The number of aryl methyl sites for hydroxylation is 1. The fourth-order valence-electron chi connectivity index (χ4n) is 2.43. The fraction of sp³-hybridized carbons (Fsp3) is 0.750. The van der Waals surface area contributed by atoms with Crippen LogP contribution >= 0.6 is 0 Å². The summed E-state index contributed by atoms with van der Waals surface area (Å²) in [4.78, 5) is 16.0. The summed E-state index contributed by atoms with van der Waals surface area (Å²) in [6.45, 7) is 6.20. The summed E-state index contributed by atoms with van der Waals surface area (Å²) in [5, 5.41) is 9.62. The molecule has 0 saturated heterocycles. The van der Waals surface area contributed by atoms with E-state index in [9.17, 15) is 4.79 Å². The van der Waals surface area contributed by atoms with Crippen molar-refractivity contribution in [3.05, 3.63) is 11.6 Å². The van der Waals surface area contributed by atoms with Gasteiger partial charge in [0.25, 0.3) is 5.91 Å². The van der Waals surface area contributed by atoms with Crippen LogP contribution in [0.25, 0.3) is 0 Å². The highest BCUT2D eigenvalue weighted by Crippen LogP contribution is 2.35. The highest BCUT2D eigenvalue weighted by atomic mass is 16.2. The molecule has 94 valence electrons. The van der Waals surface area contributed by atoms with Gasteiger partial charge in [-0.15, -0.1) is 5.10 Å². The Kier molecular flexibility index (Phi) is 3.17. The zero-order valence-electron chi connectivity index (χ0n) is 10.7. The molecule has 1 aromatic rings. The van der Waals surface area contributed by atoms with Gasteiger partial charge in [0, 0.05) is 6.04 Å². The molecule has 2 N–H and O–H groups in total. The Morgan fingerprint density at radius 3 is 2.82 bits per heavy atom. The third kappa shape index (κ3) is 2.65. The molecule has 0 radical (unpaired) electrons. The summed E-state index contributed by atoms with van der Waals surface area (Å²) in [7, 11) is 0. The quantitative estimate of drug-likeness (QED) is 0.822. The number of nitrogens with zero attached hydrogens (tertiary/aromatic N) is 2. The van der Waals surface area contributed by atoms with Crippen LogP contribution in [-0.2, 0) is 0 Å². The van der Waals surface area contributed by atoms with Gasteiger partial charge >= 0.3 is 0 Å². The molecule has 1 atom stereocenters. The number of carbonyl (C=O) groups is 1. The predicted octanol–water partition coefficient (Wildman–Crippen LogP) is 1.81. The van der Waals surface area contributed by atoms with Gasteiger partial charge in [-0.2, -0.15) is 0 Å². The van der Waals surface area contributed by atoms with E-state index in [4.69, 9.17) is 0 Å². The number of hydrogen-bond donors (Lipinski definition) is 2. The van der Waals surface area contributed by atoms with Crippen molar-refractivity contribution in [1.82, 2.24) is 20.5 Å². The predicted molar refractivity (Wildman–Crippen MR) is 64.6 cm³/mol. The number of aromatic nitrogens is 3. The monoisotopic (exact) mass is 236 g/mol. The number of amides is 1. The van der Waals surface area contributed by atoms with Gasteiger partial charge in [-0.25, -0.2) is 4.98 Å². The first kappa shape index (κ1) is 12.1. The Balaban J connectivity index is 2.03. The normalized spacial score (nSPS) is 23.4. The van der Waals surface area contributed by atoms with Crippen molar-refractivity contribution in [2.24, 2.45) is 5.41 Å². The lowest BCUT2D eigenvalue weighted by molar-refractivity contribution is 0.0843. The van der Waals surface area contributed by atoms with E-state index >= 15 is 0 Å². The van der Waals surface area contributed by atoms with Crippen molar-refractivity contribution in [1.29, 1.82) is 0 Å². The summed E-state index contributed by atoms with van der Waals surface area (Å²) < 4.78 is 0. The Morgan fingerprint density at radius 2 is 2.24 bits per heavy atom. The summed E-state index contributed by atoms with van der Waals surface area (Å²) in [6.07, 6.45) is 4.63. The molecule has 1 aromatic heterocycles. The van der Waals surface area contributed by atoms with Crippen molar-refractivity contribution in [2.45, 2.75) is 52.5 Å². The average molecular weight is 236 g/mol. The van der Waals surface area contributed by atoms with Crippen molar-refractivity contribution in [3.8, 4) is 0 Å². The third-order valence-corrected chi connectivity index (χ3v) is 3.61. The molecule has 0 bridgehead atoms. The minimum atomic E-state index is -0.172. The minimum absolute atomic E-state index is 0.166. The molecule has 5 heteroatoms. The second-order valence-electron chi connectivity index (χ2n) is 5.50. The molecule has 0 aliphatic heterocycles. The van der Waals surface area contributed by atoms with E-state index in [-0.39, 0.29) is 23.2 Å². The van der Waals surface area contributed by atoms with E-state index in [0.29, 0.717) is 5.82 Å². The number of H-pyrrole nitrogens is 1. The minimum Gasteiger partial charge on any atom is -0.346 e. The van der Waals surface area contributed by atoms with Gasteiger partial charge in [-0.3, -0.25) is 9.89 Å². The van der Waals surface area contributed by atoms with Crippen LogP contribution < -0.4 is 5.32 Å². The molecule has 1 aliphatic carbocycles. The van der Waals surface area contributed by atoms with Gasteiger partial charge in [0.1, 0.15) is 5.82 Å². The van der Waals surface area contributed by atoms with Gasteiger partial charge in [0.15, 0.2) is 0 Å². The topological polar surface area (TPSA) is 70.7 Å². The standard InChI is InChI=1S/C12H20N4O/c1-8-13-10(16-15-8)11(17)14-9-6-4-5-7-12(9,2)3/h9H,4-7H2,1-3H3,(H,14,17)(H,13,15,16). The molecule has 1 unspecified atom stereocenters. The molecule has 1 aliphatic rings. The van der Waals surface area contributed by atoms with E-state index in [1.165, 1.54) is 12.8 Å². The van der Waals surface area contributed by atoms with Gasteiger partial charge in [-0.1, -0.05) is 26.7 Å². The zero-order valence-corrected chi connectivity index (χ0v) is 10.7. The van der Waals surface area contributed by atoms with Crippen LogP contribution in [0.4, 0.5) is 0 Å². The number of nitrogens with one attached hydrogen (secondary N) is 2. The molecule has 2 rings (SSSR count). The number of aromatic amines is 1. The molecular weight excluding hydrogens is 216 g/mol. The number of rotatable bonds is 2. The molecule has 5 nitrogen and oxygen atoms in total. The Labute approximate surface area is 101 Å². The van der Waals surface area contributed by atoms with Crippen LogP contribution in [0.15, 0.2) is 0 Å². The lowest BCUT2D eigenvalue weighted by atomic mass is 9.73. The van der Waals surface area contributed by atoms with E-state index in [0.717, 1.165) is 12.8 Å². The molecule has 0 spiro atoms. The SMILES string of the molecule is Cc1nc(C(=O)NC2CCCCC2(C)C)n[nH]1.